The second kappa shape index (κ2) is 7.63. The van der Waals surface area contributed by atoms with Crippen molar-refractivity contribution in [3.05, 3.63) is 29.8 Å². The van der Waals surface area contributed by atoms with E-state index in [1.165, 1.54) is 18.4 Å². The van der Waals surface area contributed by atoms with Crippen molar-refractivity contribution in [3.63, 3.8) is 0 Å². The molecule has 0 unspecified atom stereocenters. The molecule has 15 heavy (non-hydrogen) atoms. The van der Waals surface area contributed by atoms with Crippen molar-refractivity contribution in [2.75, 3.05) is 12.4 Å². The van der Waals surface area contributed by atoms with E-state index in [1.54, 1.807) is 0 Å². The van der Waals surface area contributed by atoms with E-state index in [4.69, 9.17) is 4.74 Å². The quantitative estimate of drug-likeness (QED) is 0.548. The van der Waals surface area contributed by atoms with Gasteiger partial charge in [-0.2, -0.15) is 12.6 Å². The van der Waals surface area contributed by atoms with Gasteiger partial charge in [0.05, 0.1) is 6.61 Å². The minimum atomic E-state index is 0.820. The molecule has 1 aromatic carbocycles. The van der Waals surface area contributed by atoms with E-state index in [9.17, 15) is 0 Å². The summed E-state index contributed by atoms with van der Waals surface area (Å²) >= 11 is 4.18. The standard InChI is InChI=1S/C13H20OS/c1-2-12-7-6-8-13(11-12)14-9-4-3-5-10-15/h6-8,11,15H,2-5,9-10H2,1H3. The Balaban J connectivity index is 2.24. The van der Waals surface area contributed by atoms with Crippen LogP contribution in [0.4, 0.5) is 0 Å². The van der Waals surface area contributed by atoms with Gasteiger partial charge < -0.3 is 4.74 Å². The van der Waals surface area contributed by atoms with Crippen LogP contribution in [0.2, 0.25) is 0 Å². The summed E-state index contributed by atoms with van der Waals surface area (Å²) in [5.74, 6) is 1.98. The molecule has 0 saturated carbocycles. The van der Waals surface area contributed by atoms with Crippen LogP contribution in [-0.2, 0) is 6.42 Å². The molecule has 0 spiro atoms. The number of benzene rings is 1. The molecule has 0 amide bonds. The van der Waals surface area contributed by atoms with E-state index in [2.05, 4.69) is 37.8 Å². The summed E-state index contributed by atoms with van der Waals surface area (Å²) in [7, 11) is 0. The number of rotatable bonds is 7. The Morgan fingerprint density at radius 1 is 1.20 bits per heavy atom. The van der Waals surface area contributed by atoms with Crippen LogP contribution in [0, 0.1) is 0 Å². The monoisotopic (exact) mass is 224 g/mol. The van der Waals surface area contributed by atoms with Gasteiger partial charge >= 0.3 is 0 Å². The molecule has 0 radical (unpaired) electrons. The van der Waals surface area contributed by atoms with Crippen molar-refractivity contribution in [2.24, 2.45) is 0 Å². The average Bonchev–Trinajstić information content (AvgIpc) is 2.29. The summed E-state index contributed by atoms with van der Waals surface area (Å²) in [6.45, 7) is 2.98. The highest BCUT2D eigenvalue weighted by Gasteiger charge is 1.95. The largest absolute Gasteiger partial charge is 0.494 e. The van der Waals surface area contributed by atoms with E-state index in [1.807, 2.05) is 6.07 Å². The first-order valence-corrected chi connectivity index (χ1v) is 6.32. The summed E-state index contributed by atoms with van der Waals surface area (Å²) in [4.78, 5) is 0. The molecule has 0 bridgehead atoms. The van der Waals surface area contributed by atoms with E-state index < -0.39 is 0 Å². The van der Waals surface area contributed by atoms with Crippen LogP contribution in [-0.4, -0.2) is 12.4 Å². The van der Waals surface area contributed by atoms with Gasteiger partial charge in [-0.3, -0.25) is 0 Å². The fourth-order valence-corrected chi connectivity index (χ4v) is 1.66. The van der Waals surface area contributed by atoms with Gasteiger partial charge in [-0.05, 0) is 49.1 Å². The van der Waals surface area contributed by atoms with E-state index in [0.717, 1.165) is 31.0 Å². The zero-order valence-corrected chi connectivity index (χ0v) is 10.3. The number of thiol groups is 1. The molecule has 0 atom stereocenters. The summed E-state index contributed by atoms with van der Waals surface area (Å²) in [5, 5.41) is 0. The lowest BCUT2D eigenvalue weighted by atomic mass is 10.2. The normalized spacial score (nSPS) is 10.3. The molecular formula is C13H20OS. The maximum Gasteiger partial charge on any atom is 0.119 e. The zero-order chi connectivity index (χ0) is 10.9. The molecule has 0 aliphatic rings. The van der Waals surface area contributed by atoms with Gasteiger partial charge in [0.25, 0.3) is 0 Å². The second-order valence-corrected chi connectivity index (χ2v) is 4.08. The summed E-state index contributed by atoms with van der Waals surface area (Å²) < 4.78 is 5.67. The molecule has 2 heteroatoms. The first-order valence-electron chi connectivity index (χ1n) is 5.69. The Morgan fingerprint density at radius 3 is 2.80 bits per heavy atom. The molecule has 1 nitrogen and oxygen atoms in total. The lowest BCUT2D eigenvalue weighted by molar-refractivity contribution is 0.306. The predicted molar refractivity (Wildman–Crippen MR) is 69.0 cm³/mol. The molecule has 0 aromatic heterocycles. The molecule has 1 rings (SSSR count). The lowest BCUT2D eigenvalue weighted by Crippen LogP contribution is -1.97. The van der Waals surface area contributed by atoms with Gasteiger partial charge in [-0.25, -0.2) is 0 Å². The molecule has 0 aliphatic heterocycles. The van der Waals surface area contributed by atoms with Gasteiger partial charge in [0.2, 0.25) is 0 Å². The molecule has 0 saturated heterocycles. The van der Waals surface area contributed by atoms with E-state index in [-0.39, 0.29) is 0 Å². The predicted octanol–water partition coefficient (Wildman–Crippen LogP) is 3.73. The lowest BCUT2D eigenvalue weighted by Gasteiger charge is -2.06. The molecule has 0 aliphatic carbocycles. The van der Waals surface area contributed by atoms with Gasteiger partial charge in [-0.15, -0.1) is 0 Å². The van der Waals surface area contributed by atoms with Crippen LogP contribution >= 0.6 is 12.6 Å². The van der Waals surface area contributed by atoms with Crippen molar-refractivity contribution in [2.45, 2.75) is 32.6 Å². The zero-order valence-electron chi connectivity index (χ0n) is 9.41. The number of aryl methyl sites for hydroxylation is 1. The topological polar surface area (TPSA) is 9.23 Å². The third-order valence-corrected chi connectivity index (χ3v) is 2.69. The molecular weight excluding hydrogens is 204 g/mol. The Labute approximate surface area is 98.3 Å². The molecule has 1 aromatic rings. The van der Waals surface area contributed by atoms with Gasteiger partial charge in [-0.1, -0.05) is 19.1 Å². The van der Waals surface area contributed by atoms with Crippen LogP contribution in [0.1, 0.15) is 31.7 Å². The van der Waals surface area contributed by atoms with Crippen LogP contribution in [0.3, 0.4) is 0 Å². The molecule has 0 fully saturated rings. The van der Waals surface area contributed by atoms with Crippen LogP contribution in [0.25, 0.3) is 0 Å². The fraction of sp³-hybridized carbons (Fsp3) is 0.538. The first-order chi connectivity index (χ1) is 7.36. The number of hydrogen-bond acceptors (Lipinski definition) is 2. The highest BCUT2D eigenvalue weighted by atomic mass is 32.1. The summed E-state index contributed by atoms with van der Waals surface area (Å²) in [6.07, 6.45) is 4.58. The second-order valence-electron chi connectivity index (χ2n) is 3.63. The average molecular weight is 224 g/mol. The number of unbranched alkanes of at least 4 members (excludes halogenated alkanes) is 2. The maximum atomic E-state index is 5.67. The molecule has 84 valence electrons. The minimum absolute atomic E-state index is 0.820. The van der Waals surface area contributed by atoms with E-state index in [0.29, 0.717) is 0 Å². The Bertz CT molecular complexity index is 273. The summed E-state index contributed by atoms with van der Waals surface area (Å²) in [6, 6.07) is 8.34. The number of ether oxygens (including phenoxy) is 1. The fourth-order valence-electron chi connectivity index (χ4n) is 1.44. The minimum Gasteiger partial charge on any atom is -0.494 e. The van der Waals surface area contributed by atoms with Gasteiger partial charge in [0.15, 0.2) is 0 Å². The maximum absolute atomic E-state index is 5.67. The third kappa shape index (κ3) is 5.12. The molecule has 0 N–H and O–H groups in total. The Morgan fingerprint density at radius 2 is 2.07 bits per heavy atom. The molecule has 0 heterocycles. The summed E-state index contributed by atoms with van der Waals surface area (Å²) in [5.41, 5.74) is 1.34. The van der Waals surface area contributed by atoms with Crippen molar-refractivity contribution >= 4 is 12.6 Å². The van der Waals surface area contributed by atoms with Gasteiger partial charge in [0, 0.05) is 0 Å². The van der Waals surface area contributed by atoms with Crippen molar-refractivity contribution in [1.29, 1.82) is 0 Å². The van der Waals surface area contributed by atoms with E-state index >= 15 is 0 Å². The number of hydrogen-bond donors (Lipinski definition) is 1. The van der Waals surface area contributed by atoms with Gasteiger partial charge in [0.1, 0.15) is 5.75 Å². The smallest absolute Gasteiger partial charge is 0.119 e. The Kier molecular flexibility index (Phi) is 6.33. The van der Waals surface area contributed by atoms with Crippen molar-refractivity contribution in [3.8, 4) is 5.75 Å². The third-order valence-electron chi connectivity index (χ3n) is 2.38. The SMILES string of the molecule is CCc1cccc(OCCCCCS)c1. The van der Waals surface area contributed by atoms with Crippen LogP contribution < -0.4 is 4.74 Å². The van der Waals surface area contributed by atoms with Crippen molar-refractivity contribution in [1.82, 2.24) is 0 Å². The highest BCUT2D eigenvalue weighted by molar-refractivity contribution is 7.80. The van der Waals surface area contributed by atoms with Crippen LogP contribution in [0.15, 0.2) is 24.3 Å². The Hall–Kier alpha value is -0.630. The highest BCUT2D eigenvalue weighted by Crippen LogP contribution is 2.14. The van der Waals surface area contributed by atoms with Crippen LogP contribution in [0.5, 0.6) is 5.75 Å². The van der Waals surface area contributed by atoms with Crippen molar-refractivity contribution < 1.29 is 4.74 Å². The first kappa shape index (κ1) is 12.4.